The number of hydrogen-bond acceptors (Lipinski definition) is 3. The first-order valence-corrected chi connectivity index (χ1v) is 6.47. The Kier molecular flexibility index (Phi) is 5.60. The fourth-order valence-corrected chi connectivity index (χ4v) is 1.91. The fraction of sp³-hybridized carbons (Fsp3) is 0.500. The van der Waals surface area contributed by atoms with Gasteiger partial charge in [-0.3, -0.25) is 0 Å². The molecular formula is C14H18F3NO3. The van der Waals surface area contributed by atoms with Gasteiger partial charge in [0.2, 0.25) is 0 Å². The van der Waals surface area contributed by atoms with Crippen LogP contribution in [-0.4, -0.2) is 28.8 Å². The van der Waals surface area contributed by atoms with E-state index in [9.17, 15) is 23.1 Å². The van der Waals surface area contributed by atoms with Crippen LogP contribution < -0.4 is 5.32 Å². The second-order valence-corrected chi connectivity index (χ2v) is 5.23. The lowest BCUT2D eigenvalue weighted by molar-refractivity contribution is -0.137. The van der Waals surface area contributed by atoms with E-state index in [4.69, 9.17) is 5.11 Å². The van der Waals surface area contributed by atoms with Crippen LogP contribution in [0.15, 0.2) is 18.2 Å². The zero-order valence-electron chi connectivity index (χ0n) is 11.7. The highest BCUT2D eigenvalue weighted by molar-refractivity contribution is 5.94. The number of benzene rings is 1. The van der Waals surface area contributed by atoms with Crippen molar-refractivity contribution in [1.29, 1.82) is 0 Å². The summed E-state index contributed by atoms with van der Waals surface area (Å²) in [6.45, 7) is 3.91. The number of nitrogens with one attached hydrogen (secondary N) is 1. The smallest absolute Gasteiger partial charge is 0.416 e. The normalized spacial score (nSPS) is 13.3. The van der Waals surface area contributed by atoms with Crippen LogP contribution in [0, 0.1) is 5.92 Å². The zero-order valence-corrected chi connectivity index (χ0v) is 11.7. The second kappa shape index (κ2) is 6.80. The molecule has 0 bridgehead atoms. The fourth-order valence-electron chi connectivity index (χ4n) is 1.91. The summed E-state index contributed by atoms with van der Waals surface area (Å²) >= 11 is 0. The van der Waals surface area contributed by atoms with E-state index in [1.807, 2.05) is 13.8 Å². The molecule has 0 saturated heterocycles. The minimum absolute atomic E-state index is 0.0540. The van der Waals surface area contributed by atoms with E-state index < -0.39 is 29.4 Å². The molecule has 1 unspecified atom stereocenters. The molecule has 0 radical (unpaired) electrons. The second-order valence-electron chi connectivity index (χ2n) is 5.23. The number of carboxylic acids is 1. The van der Waals surface area contributed by atoms with Crippen molar-refractivity contribution in [2.24, 2.45) is 5.92 Å². The van der Waals surface area contributed by atoms with Gasteiger partial charge in [-0.1, -0.05) is 13.8 Å². The molecular weight excluding hydrogens is 287 g/mol. The van der Waals surface area contributed by atoms with Crippen LogP contribution in [0.3, 0.4) is 0 Å². The predicted octanol–water partition coefficient (Wildman–Crippen LogP) is 3.22. The maximum Gasteiger partial charge on any atom is 0.416 e. The van der Waals surface area contributed by atoms with Gasteiger partial charge in [-0.05, 0) is 30.5 Å². The topological polar surface area (TPSA) is 69.6 Å². The third-order valence-electron chi connectivity index (χ3n) is 2.85. The van der Waals surface area contributed by atoms with Crippen LogP contribution in [0.1, 0.15) is 36.2 Å². The molecule has 1 atom stereocenters. The largest absolute Gasteiger partial charge is 0.478 e. The number of rotatable bonds is 6. The summed E-state index contributed by atoms with van der Waals surface area (Å²) in [6, 6.07) is 2.46. The summed E-state index contributed by atoms with van der Waals surface area (Å²) in [5.74, 6) is -1.20. The monoisotopic (exact) mass is 305 g/mol. The van der Waals surface area contributed by atoms with E-state index in [-0.39, 0.29) is 18.2 Å². The van der Waals surface area contributed by atoms with Gasteiger partial charge in [0.15, 0.2) is 0 Å². The van der Waals surface area contributed by atoms with Gasteiger partial charge in [0.1, 0.15) is 0 Å². The predicted molar refractivity (Wildman–Crippen MR) is 72.4 cm³/mol. The molecule has 0 amide bonds. The average molecular weight is 305 g/mol. The van der Waals surface area contributed by atoms with Crippen LogP contribution >= 0.6 is 0 Å². The van der Waals surface area contributed by atoms with Gasteiger partial charge >= 0.3 is 12.1 Å². The molecule has 0 saturated carbocycles. The minimum Gasteiger partial charge on any atom is -0.478 e. The number of alkyl halides is 3. The first-order chi connectivity index (χ1) is 9.61. The van der Waals surface area contributed by atoms with Gasteiger partial charge < -0.3 is 15.5 Å². The Labute approximate surface area is 120 Å². The number of aliphatic hydroxyl groups is 1. The van der Waals surface area contributed by atoms with E-state index >= 15 is 0 Å². The Bertz CT molecular complexity index is 501. The van der Waals surface area contributed by atoms with Crippen molar-refractivity contribution in [3.63, 3.8) is 0 Å². The molecule has 4 nitrogen and oxygen atoms in total. The molecule has 0 aliphatic rings. The number of aliphatic hydroxyl groups excluding tert-OH is 1. The molecule has 1 aromatic rings. The molecule has 1 aromatic carbocycles. The maximum absolute atomic E-state index is 12.6. The Balaban J connectivity index is 2.90. The molecule has 1 rings (SSSR count). The lowest BCUT2D eigenvalue weighted by atomic mass is 10.1. The van der Waals surface area contributed by atoms with Crippen molar-refractivity contribution < 1.29 is 28.2 Å². The standard InChI is InChI=1S/C14H18F3NO3/c1-8(2)5-10(19)7-18-12-4-3-9(14(15,16)17)6-11(12)13(20)21/h3-4,6,8,10,18-19H,5,7H2,1-2H3,(H,20,21). The van der Waals surface area contributed by atoms with Crippen LogP contribution in [-0.2, 0) is 6.18 Å². The molecule has 118 valence electrons. The number of halogens is 3. The van der Waals surface area contributed by atoms with E-state index in [2.05, 4.69) is 5.32 Å². The summed E-state index contributed by atoms with van der Waals surface area (Å²) in [5.41, 5.74) is -1.44. The quantitative estimate of drug-likeness (QED) is 0.755. The lowest BCUT2D eigenvalue weighted by Crippen LogP contribution is -2.22. The Morgan fingerprint density at radius 1 is 1.33 bits per heavy atom. The molecule has 0 aliphatic heterocycles. The maximum atomic E-state index is 12.6. The summed E-state index contributed by atoms with van der Waals surface area (Å²) in [6.07, 6.45) is -4.79. The SMILES string of the molecule is CC(C)CC(O)CNc1ccc(C(F)(F)F)cc1C(=O)O. The summed E-state index contributed by atoms with van der Waals surface area (Å²) in [4.78, 5) is 11.1. The molecule has 0 spiro atoms. The highest BCUT2D eigenvalue weighted by Crippen LogP contribution is 2.31. The number of aromatic carboxylic acids is 1. The van der Waals surface area contributed by atoms with Gasteiger partial charge in [0.05, 0.1) is 17.2 Å². The van der Waals surface area contributed by atoms with Crippen molar-refractivity contribution in [3.8, 4) is 0 Å². The Hall–Kier alpha value is -1.76. The van der Waals surface area contributed by atoms with E-state index in [1.165, 1.54) is 0 Å². The number of hydrogen-bond donors (Lipinski definition) is 3. The van der Waals surface area contributed by atoms with Crippen molar-refractivity contribution in [3.05, 3.63) is 29.3 Å². The highest BCUT2D eigenvalue weighted by Gasteiger charge is 2.31. The van der Waals surface area contributed by atoms with Gasteiger partial charge in [-0.25, -0.2) is 4.79 Å². The zero-order chi connectivity index (χ0) is 16.2. The molecule has 7 heteroatoms. The van der Waals surface area contributed by atoms with Crippen LogP contribution in [0.5, 0.6) is 0 Å². The molecule has 0 aliphatic carbocycles. The van der Waals surface area contributed by atoms with E-state index in [0.717, 1.165) is 12.1 Å². The van der Waals surface area contributed by atoms with Crippen molar-refractivity contribution in [2.75, 3.05) is 11.9 Å². The third kappa shape index (κ3) is 5.26. The van der Waals surface area contributed by atoms with Gasteiger partial charge in [-0.15, -0.1) is 0 Å². The molecule has 0 heterocycles. The van der Waals surface area contributed by atoms with Crippen molar-refractivity contribution >= 4 is 11.7 Å². The van der Waals surface area contributed by atoms with Crippen molar-refractivity contribution in [1.82, 2.24) is 0 Å². The minimum atomic E-state index is -4.60. The van der Waals surface area contributed by atoms with Crippen LogP contribution in [0.4, 0.5) is 18.9 Å². The highest BCUT2D eigenvalue weighted by atomic mass is 19.4. The third-order valence-corrected chi connectivity index (χ3v) is 2.85. The van der Waals surface area contributed by atoms with Gasteiger partial charge in [-0.2, -0.15) is 13.2 Å². The molecule has 21 heavy (non-hydrogen) atoms. The van der Waals surface area contributed by atoms with Crippen LogP contribution in [0.25, 0.3) is 0 Å². The number of carboxylic acid groups (broad SMARTS) is 1. The van der Waals surface area contributed by atoms with Crippen LogP contribution in [0.2, 0.25) is 0 Å². The Morgan fingerprint density at radius 2 is 1.95 bits per heavy atom. The van der Waals surface area contributed by atoms with E-state index in [1.54, 1.807) is 0 Å². The lowest BCUT2D eigenvalue weighted by Gasteiger charge is -2.17. The van der Waals surface area contributed by atoms with Gasteiger partial charge in [0, 0.05) is 12.2 Å². The Morgan fingerprint density at radius 3 is 2.43 bits per heavy atom. The van der Waals surface area contributed by atoms with Crippen molar-refractivity contribution in [2.45, 2.75) is 32.5 Å². The molecule has 0 aromatic heterocycles. The first kappa shape index (κ1) is 17.3. The van der Waals surface area contributed by atoms with Gasteiger partial charge in [0.25, 0.3) is 0 Å². The number of carbonyl (C=O) groups is 1. The molecule has 0 fully saturated rings. The summed E-state index contributed by atoms with van der Waals surface area (Å²) < 4.78 is 37.7. The summed E-state index contributed by atoms with van der Waals surface area (Å²) in [5, 5.41) is 21.4. The molecule has 3 N–H and O–H groups in total. The average Bonchev–Trinajstić information content (AvgIpc) is 2.34. The first-order valence-electron chi connectivity index (χ1n) is 6.47. The number of anilines is 1. The summed E-state index contributed by atoms with van der Waals surface area (Å²) in [7, 11) is 0. The van der Waals surface area contributed by atoms with E-state index in [0.29, 0.717) is 12.5 Å².